The van der Waals surface area contributed by atoms with Gasteiger partial charge in [0.2, 0.25) is 0 Å². The fraction of sp³-hybridized carbons (Fsp3) is 0.588. The molecule has 0 aromatic heterocycles. The number of methoxy groups -OCH3 is 1. The number of carbonyl (C=O) groups is 1. The Kier molecular flexibility index (Phi) is 5.00. The molecule has 0 spiro atoms. The standard InChI is InChI=1S/C17H24O2/c1-13(10-11-18)16-12-15(8-9-17(16)19-2)14-6-4-3-5-7-14/h8-9,11-14H,3-7,10H2,1-2H3. The molecule has 0 amide bonds. The van der Waals surface area contributed by atoms with Crippen LogP contribution in [0.2, 0.25) is 0 Å². The second kappa shape index (κ2) is 6.74. The summed E-state index contributed by atoms with van der Waals surface area (Å²) in [5.74, 6) is 1.84. The van der Waals surface area contributed by atoms with E-state index < -0.39 is 0 Å². The Morgan fingerprint density at radius 1 is 1.32 bits per heavy atom. The van der Waals surface area contributed by atoms with Crippen molar-refractivity contribution in [3.05, 3.63) is 29.3 Å². The minimum atomic E-state index is 0.232. The van der Waals surface area contributed by atoms with Crippen molar-refractivity contribution >= 4 is 6.29 Å². The van der Waals surface area contributed by atoms with E-state index in [9.17, 15) is 4.79 Å². The zero-order chi connectivity index (χ0) is 13.7. The van der Waals surface area contributed by atoms with Crippen LogP contribution in [0.5, 0.6) is 5.75 Å². The van der Waals surface area contributed by atoms with E-state index in [2.05, 4.69) is 25.1 Å². The Hall–Kier alpha value is -1.31. The van der Waals surface area contributed by atoms with Crippen molar-refractivity contribution in [2.75, 3.05) is 7.11 Å². The molecule has 2 rings (SSSR count). The Morgan fingerprint density at radius 2 is 2.05 bits per heavy atom. The van der Waals surface area contributed by atoms with Crippen LogP contribution in [0.4, 0.5) is 0 Å². The molecule has 19 heavy (non-hydrogen) atoms. The van der Waals surface area contributed by atoms with Gasteiger partial charge in [-0.05, 0) is 41.9 Å². The van der Waals surface area contributed by atoms with E-state index in [4.69, 9.17) is 4.74 Å². The van der Waals surface area contributed by atoms with E-state index in [1.165, 1.54) is 43.2 Å². The van der Waals surface area contributed by atoms with Gasteiger partial charge in [-0.3, -0.25) is 0 Å². The van der Waals surface area contributed by atoms with Gasteiger partial charge >= 0.3 is 0 Å². The third-order valence-corrected chi connectivity index (χ3v) is 4.31. The molecule has 2 heteroatoms. The van der Waals surface area contributed by atoms with Gasteiger partial charge in [-0.2, -0.15) is 0 Å². The highest BCUT2D eigenvalue weighted by Crippen LogP contribution is 2.37. The van der Waals surface area contributed by atoms with Crippen molar-refractivity contribution in [3.63, 3.8) is 0 Å². The average molecular weight is 260 g/mol. The van der Waals surface area contributed by atoms with Crippen LogP contribution in [0.25, 0.3) is 0 Å². The molecule has 1 aliphatic carbocycles. The molecule has 0 heterocycles. The van der Waals surface area contributed by atoms with E-state index in [0.717, 1.165) is 12.0 Å². The number of carbonyl (C=O) groups excluding carboxylic acids is 1. The first-order chi connectivity index (χ1) is 9.26. The van der Waals surface area contributed by atoms with E-state index in [-0.39, 0.29) is 5.92 Å². The molecule has 1 aromatic carbocycles. The van der Waals surface area contributed by atoms with Crippen LogP contribution in [0.1, 0.15) is 68.4 Å². The molecule has 1 saturated carbocycles. The minimum Gasteiger partial charge on any atom is -0.496 e. The smallest absolute Gasteiger partial charge is 0.122 e. The zero-order valence-corrected chi connectivity index (χ0v) is 12.0. The van der Waals surface area contributed by atoms with Crippen molar-refractivity contribution in [2.24, 2.45) is 0 Å². The molecule has 2 nitrogen and oxygen atoms in total. The predicted octanol–water partition coefficient (Wildman–Crippen LogP) is 4.44. The summed E-state index contributed by atoms with van der Waals surface area (Å²) in [5.41, 5.74) is 2.60. The van der Waals surface area contributed by atoms with Gasteiger partial charge in [0.1, 0.15) is 12.0 Å². The van der Waals surface area contributed by atoms with Crippen LogP contribution < -0.4 is 4.74 Å². The summed E-state index contributed by atoms with van der Waals surface area (Å²) in [5, 5.41) is 0. The Morgan fingerprint density at radius 3 is 2.68 bits per heavy atom. The highest BCUT2D eigenvalue weighted by Gasteiger charge is 2.18. The average Bonchev–Trinajstić information content (AvgIpc) is 2.47. The summed E-state index contributed by atoms with van der Waals surface area (Å²) in [6.45, 7) is 2.09. The molecule has 1 unspecified atom stereocenters. The molecule has 1 atom stereocenters. The lowest BCUT2D eigenvalue weighted by atomic mass is 9.82. The summed E-state index contributed by atoms with van der Waals surface area (Å²) in [4.78, 5) is 10.7. The van der Waals surface area contributed by atoms with Gasteiger partial charge in [-0.25, -0.2) is 0 Å². The van der Waals surface area contributed by atoms with E-state index >= 15 is 0 Å². The quantitative estimate of drug-likeness (QED) is 0.732. The van der Waals surface area contributed by atoms with Crippen molar-refractivity contribution in [2.45, 2.75) is 57.3 Å². The molecule has 0 radical (unpaired) electrons. The molecule has 0 N–H and O–H groups in total. The summed E-state index contributed by atoms with van der Waals surface area (Å²) in [7, 11) is 1.70. The largest absolute Gasteiger partial charge is 0.496 e. The maximum Gasteiger partial charge on any atom is 0.122 e. The Bertz CT molecular complexity index is 419. The fourth-order valence-corrected chi connectivity index (χ4v) is 3.10. The van der Waals surface area contributed by atoms with Gasteiger partial charge in [0, 0.05) is 6.42 Å². The first-order valence-electron chi connectivity index (χ1n) is 7.37. The minimum absolute atomic E-state index is 0.232. The number of hydrogen-bond donors (Lipinski definition) is 0. The van der Waals surface area contributed by atoms with Crippen molar-refractivity contribution in [1.82, 2.24) is 0 Å². The van der Waals surface area contributed by atoms with Crippen molar-refractivity contribution < 1.29 is 9.53 Å². The predicted molar refractivity (Wildman–Crippen MR) is 77.9 cm³/mol. The molecule has 0 bridgehead atoms. The van der Waals surface area contributed by atoms with Gasteiger partial charge in [0.15, 0.2) is 0 Å². The SMILES string of the molecule is COc1ccc(C2CCCCC2)cc1C(C)CC=O. The van der Waals surface area contributed by atoms with Crippen molar-refractivity contribution in [1.29, 1.82) is 0 Å². The monoisotopic (exact) mass is 260 g/mol. The lowest BCUT2D eigenvalue weighted by Crippen LogP contribution is -2.06. The maximum atomic E-state index is 10.7. The number of ether oxygens (including phenoxy) is 1. The fourth-order valence-electron chi connectivity index (χ4n) is 3.10. The van der Waals surface area contributed by atoms with Gasteiger partial charge in [0.05, 0.1) is 7.11 Å². The molecule has 1 aliphatic rings. The van der Waals surface area contributed by atoms with E-state index in [1.54, 1.807) is 7.11 Å². The topological polar surface area (TPSA) is 26.3 Å². The third kappa shape index (κ3) is 3.37. The van der Waals surface area contributed by atoms with Gasteiger partial charge in [-0.15, -0.1) is 0 Å². The lowest BCUT2D eigenvalue weighted by Gasteiger charge is -2.24. The normalized spacial score (nSPS) is 18.0. The van der Waals surface area contributed by atoms with Gasteiger partial charge in [0.25, 0.3) is 0 Å². The molecular formula is C17H24O2. The van der Waals surface area contributed by atoms with Crippen LogP contribution in [0.15, 0.2) is 18.2 Å². The van der Waals surface area contributed by atoms with Gasteiger partial charge in [-0.1, -0.05) is 38.3 Å². The van der Waals surface area contributed by atoms with Crippen LogP contribution >= 0.6 is 0 Å². The maximum absolute atomic E-state index is 10.7. The molecule has 0 aliphatic heterocycles. The number of aldehydes is 1. The molecule has 1 fully saturated rings. The zero-order valence-electron chi connectivity index (χ0n) is 12.0. The summed E-state index contributed by atoms with van der Waals surface area (Å²) in [6.07, 6.45) is 8.22. The highest BCUT2D eigenvalue weighted by molar-refractivity contribution is 5.53. The van der Waals surface area contributed by atoms with Crippen molar-refractivity contribution in [3.8, 4) is 5.75 Å². The molecule has 0 saturated heterocycles. The lowest BCUT2D eigenvalue weighted by molar-refractivity contribution is -0.108. The van der Waals surface area contributed by atoms with Crippen LogP contribution in [-0.4, -0.2) is 13.4 Å². The summed E-state index contributed by atoms with van der Waals surface area (Å²) < 4.78 is 5.44. The highest BCUT2D eigenvalue weighted by atomic mass is 16.5. The van der Waals surface area contributed by atoms with E-state index in [0.29, 0.717) is 12.3 Å². The number of rotatable bonds is 5. The number of hydrogen-bond acceptors (Lipinski definition) is 2. The third-order valence-electron chi connectivity index (χ3n) is 4.31. The van der Waals surface area contributed by atoms with Crippen LogP contribution in [0, 0.1) is 0 Å². The Balaban J connectivity index is 2.26. The number of benzene rings is 1. The second-order valence-corrected chi connectivity index (χ2v) is 5.64. The van der Waals surface area contributed by atoms with Gasteiger partial charge < -0.3 is 9.53 Å². The molecule has 1 aromatic rings. The van der Waals surface area contributed by atoms with Crippen LogP contribution in [-0.2, 0) is 4.79 Å². The molecular weight excluding hydrogens is 236 g/mol. The second-order valence-electron chi connectivity index (χ2n) is 5.64. The first-order valence-corrected chi connectivity index (χ1v) is 7.37. The molecule has 104 valence electrons. The summed E-state index contributed by atoms with van der Waals surface area (Å²) >= 11 is 0. The first kappa shape index (κ1) is 14.1. The van der Waals surface area contributed by atoms with Crippen LogP contribution in [0.3, 0.4) is 0 Å². The summed E-state index contributed by atoms with van der Waals surface area (Å²) in [6, 6.07) is 6.54. The Labute approximate surface area is 116 Å². The van der Waals surface area contributed by atoms with E-state index in [1.807, 2.05) is 0 Å².